The van der Waals surface area contributed by atoms with Crippen LogP contribution in [0.3, 0.4) is 0 Å². The van der Waals surface area contributed by atoms with E-state index in [1.807, 2.05) is 0 Å². The third kappa shape index (κ3) is 2.10. The minimum Gasteiger partial charge on any atom is -0.322 e. The zero-order valence-electron chi connectivity index (χ0n) is 10.0. The van der Waals surface area contributed by atoms with Crippen LogP contribution in [0.15, 0.2) is 18.5 Å². The molecule has 3 unspecified atom stereocenters. The van der Waals surface area contributed by atoms with E-state index in [2.05, 4.69) is 15.6 Å². The summed E-state index contributed by atoms with van der Waals surface area (Å²) in [6, 6.07) is 1.60. The van der Waals surface area contributed by atoms with Crippen molar-refractivity contribution in [3.05, 3.63) is 23.5 Å². The van der Waals surface area contributed by atoms with Crippen LogP contribution in [-0.2, 0) is 4.79 Å². The minimum atomic E-state index is -0.0752. The Kier molecular flexibility index (Phi) is 3.22. The lowest BCUT2D eigenvalue weighted by Crippen LogP contribution is -2.39. The second kappa shape index (κ2) is 4.86. The van der Waals surface area contributed by atoms with Crippen LogP contribution in [-0.4, -0.2) is 23.5 Å². The predicted molar refractivity (Wildman–Crippen MR) is 70.5 cm³/mol. The molecule has 1 amide bonds. The molecule has 2 heterocycles. The third-order valence-corrected chi connectivity index (χ3v) is 4.38. The number of carbonyl (C=O) groups is 1. The van der Waals surface area contributed by atoms with Gasteiger partial charge in [0.2, 0.25) is 5.91 Å². The molecule has 3 atom stereocenters. The number of nitrogens with zero attached hydrogens (tertiary/aromatic N) is 1. The Hall–Kier alpha value is -1.13. The number of rotatable bonds is 2. The Balaban J connectivity index is 1.70. The van der Waals surface area contributed by atoms with Gasteiger partial charge in [0.25, 0.3) is 0 Å². The van der Waals surface area contributed by atoms with Crippen molar-refractivity contribution in [2.45, 2.75) is 25.3 Å². The Morgan fingerprint density at radius 2 is 2.39 bits per heavy atom. The monoisotopic (exact) mass is 265 g/mol. The maximum absolute atomic E-state index is 12.2. The molecule has 1 saturated heterocycles. The highest BCUT2D eigenvalue weighted by Gasteiger charge is 2.42. The number of hydrogen-bond donors (Lipinski definition) is 2. The quantitative estimate of drug-likeness (QED) is 0.861. The number of anilines is 1. The van der Waals surface area contributed by atoms with E-state index >= 15 is 0 Å². The Morgan fingerprint density at radius 1 is 1.50 bits per heavy atom. The summed E-state index contributed by atoms with van der Waals surface area (Å²) >= 11 is 6.01. The molecule has 0 aromatic carbocycles. The predicted octanol–water partition coefficient (Wildman–Crippen LogP) is 2.06. The summed E-state index contributed by atoms with van der Waals surface area (Å²) in [6.07, 6.45) is 6.83. The van der Waals surface area contributed by atoms with E-state index in [1.165, 1.54) is 12.8 Å². The van der Waals surface area contributed by atoms with E-state index in [9.17, 15) is 4.79 Å². The van der Waals surface area contributed by atoms with Crippen LogP contribution in [0, 0.1) is 11.8 Å². The van der Waals surface area contributed by atoms with Crippen molar-refractivity contribution in [1.29, 1.82) is 0 Å². The Labute approximate surface area is 111 Å². The van der Waals surface area contributed by atoms with E-state index in [0.717, 1.165) is 13.0 Å². The summed E-state index contributed by atoms with van der Waals surface area (Å²) in [7, 11) is 0. The fourth-order valence-electron chi connectivity index (χ4n) is 3.15. The zero-order chi connectivity index (χ0) is 12.5. The molecule has 1 aliphatic carbocycles. The van der Waals surface area contributed by atoms with Gasteiger partial charge in [-0.05, 0) is 37.3 Å². The first-order valence-electron chi connectivity index (χ1n) is 6.39. The van der Waals surface area contributed by atoms with Gasteiger partial charge in [-0.2, -0.15) is 0 Å². The molecule has 0 bridgehead atoms. The van der Waals surface area contributed by atoms with Crippen LogP contribution in [0.25, 0.3) is 0 Å². The topological polar surface area (TPSA) is 54.0 Å². The number of carbonyl (C=O) groups excluding carboxylic acids is 1. The van der Waals surface area contributed by atoms with Crippen LogP contribution >= 0.6 is 11.6 Å². The highest BCUT2D eigenvalue weighted by atomic mass is 35.5. The van der Waals surface area contributed by atoms with Gasteiger partial charge in [0.05, 0.1) is 22.9 Å². The molecule has 2 N–H and O–H groups in total. The van der Waals surface area contributed by atoms with Crippen LogP contribution in [0.5, 0.6) is 0 Å². The summed E-state index contributed by atoms with van der Waals surface area (Å²) in [5.41, 5.74) is 0.590. The average molecular weight is 266 g/mol. The molecule has 18 heavy (non-hydrogen) atoms. The van der Waals surface area contributed by atoms with Gasteiger partial charge in [-0.15, -0.1) is 0 Å². The molecule has 2 fully saturated rings. The van der Waals surface area contributed by atoms with Crippen molar-refractivity contribution in [2.75, 3.05) is 11.9 Å². The number of aromatic nitrogens is 1. The number of fused-ring (bicyclic) bond motifs is 1. The van der Waals surface area contributed by atoms with E-state index in [-0.39, 0.29) is 11.9 Å². The van der Waals surface area contributed by atoms with Crippen molar-refractivity contribution < 1.29 is 4.79 Å². The lowest BCUT2D eigenvalue weighted by molar-refractivity contribution is -0.118. The molecule has 0 spiro atoms. The maximum atomic E-state index is 12.2. The third-order valence-electron chi connectivity index (χ3n) is 4.05. The zero-order valence-corrected chi connectivity index (χ0v) is 10.8. The number of hydrogen-bond acceptors (Lipinski definition) is 3. The fourth-order valence-corrected chi connectivity index (χ4v) is 3.31. The maximum Gasteiger partial charge on any atom is 0.241 e. The van der Waals surface area contributed by atoms with Crippen molar-refractivity contribution >= 4 is 23.2 Å². The summed E-state index contributed by atoms with van der Waals surface area (Å²) < 4.78 is 0. The van der Waals surface area contributed by atoms with Crippen LogP contribution < -0.4 is 10.6 Å². The van der Waals surface area contributed by atoms with Gasteiger partial charge >= 0.3 is 0 Å². The number of nitrogens with one attached hydrogen (secondary N) is 2. The smallest absolute Gasteiger partial charge is 0.241 e. The molecule has 4 nitrogen and oxygen atoms in total. The lowest BCUT2D eigenvalue weighted by atomic mass is 9.93. The molecule has 2 aliphatic rings. The second-order valence-electron chi connectivity index (χ2n) is 5.09. The SMILES string of the molecule is O=C(Nc1cnccc1Cl)C1NCC2CCCC21. The standard InChI is InChI=1S/C13H16ClN3O/c14-10-4-5-15-7-11(10)17-13(18)12-9-3-1-2-8(9)6-16-12/h4-5,7-9,12,16H,1-3,6H2,(H,17,18). The largest absolute Gasteiger partial charge is 0.322 e. The van der Waals surface area contributed by atoms with Crippen molar-refractivity contribution in [2.24, 2.45) is 11.8 Å². The van der Waals surface area contributed by atoms with Crippen LogP contribution in [0.2, 0.25) is 5.02 Å². The van der Waals surface area contributed by atoms with Gasteiger partial charge in [0, 0.05) is 6.20 Å². The van der Waals surface area contributed by atoms with Crippen LogP contribution in [0.1, 0.15) is 19.3 Å². The molecule has 1 aromatic heterocycles. The summed E-state index contributed by atoms with van der Waals surface area (Å²) in [4.78, 5) is 16.2. The van der Waals surface area contributed by atoms with Crippen molar-refractivity contribution in [1.82, 2.24) is 10.3 Å². The van der Waals surface area contributed by atoms with Crippen molar-refractivity contribution in [3.63, 3.8) is 0 Å². The number of amides is 1. The van der Waals surface area contributed by atoms with E-state index in [0.29, 0.717) is 22.5 Å². The summed E-state index contributed by atoms with van der Waals surface area (Å²) in [5.74, 6) is 1.17. The van der Waals surface area contributed by atoms with E-state index in [4.69, 9.17) is 11.6 Å². The normalized spacial score (nSPS) is 30.2. The van der Waals surface area contributed by atoms with Gasteiger partial charge in [0.15, 0.2) is 0 Å². The molecule has 3 rings (SSSR count). The molecule has 0 radical (unpaired) electrons. The molecule has 5 heteroatoms. The average Bonchev–Trinajstić information content (AvgIpc) is 2.93. The second-order valence-corrected chi connectivity index (χ2v) is 5.49. The van der Waals surface area contributed by atoms with Crippen molar-refractivity contribution in [3.8, 4) is 0 Å². The number of halogens is 1. The Morgan fingerprint density at radius 3 is 3.22 bits per heavy atom. The number of pyridine rings is 1. The van der Waals surface area contributed by atoms with E-state index < -0.39 is 0 Å². The van der Waals surface area contributed by atoms with Gasteiger partial charge in [0.1, 0.15) is 0 Å². The highest BCUT2D eigenvalue weighted by molar-refractivity contribution is 6.33. The van der Waals surface area contributed by atoms with Gasteiger partial charge in [-0.25, -0.2) is 0 Å². The molecular formula is C13H16ClN3O. The molecule has 1 aromatic rings. The van der Waals surface area contributed by atoms with Crippen LogP contribution in [0.4, 0.5) is 5.69 Å². The van der Waals surface area contributed by atoms with Gasteiger partial charge in [-0.1, -0.05) is 18.0 Å². The first-order chi connectivity index (χ1) is 8.75. The molecule has 96 valence electrons. The molecular weight excluding hydrogens is 250 g/mol. The van der Waals surface area contributed by atoms with Gasteiger partial charge in [-0.3, -0.25) is 9.78 Å². The Bertz CT molecular complexity index is 465. The molecule has 1 saturated carbocycles. The lowest BCUT2D eigenvalue weighted by Gasteiger charge is -2.17. The van der Waals surface area contributed by atoms with Gasteiger partial charge < -0.3 is 10.6 Å². The molecule has 1 aliphatic heterocycles. The summed E-state index contributed by atoms with van der Waals surface area (Å²) in [5, 5.41) is 6.72. The first kappa shape index (κ1) is 11.9. The van der Waals surface area contributed by atoms with E-state index in [1.54, 1.807) is 18.5 Å². The summed E-state index contributed by atoms with van der Waals surface area (Å²) in [6.45, 7) is 0.962. The first-order valence-corrected chi connectivity index (χ1v) is 6.77. The minimum absolute atomic E-state index is 0.0132. The highest BCUT2D eigenvalue weighted by Crippen LogP contribution is 2.38. The fraction of sp³-hybridized carbons (Fsp3) is 0.538.